The Morgan fingerprint density at radius 1 is 0.838 bits per heavy atom. The molecule has 0 heterocycles. The second-order valence-corrected chi connectivity index (χ2v) is 9.44. The second-order valence-electron chi connectivity index (χ2n) is 9.44. The van der Waals surface area contributed by atoms with Gasteiger partial charge in [0.1, 0.15) is 24.9 Å². The number of methoxy groups -OCH3 is 1. The third kappa shape index (κ3) is 6.06. The van der Waals surface area contributed by atoms with Crippen molar-refractivity contribution in [2.24, 2.45) is 11.8 Å². The lowest BCUT2D eigenvalue weighted by molar-refractivity contribution is -0.174. The van der Waals surface area contributed by atoms with Crippen LogP contribution in [0.1, 0.15) is 36.0 Å². The van der Waals surface area contributed by atoms with Gasteiger partial charge in [-0.15, -0.1) is 0 Å². The van der Waals surface area contributed by atoms with Crippen molar-refractivity contribution in [3.8, 4) is 5.75 Å². The van der Waals surface area contributed by atoms with Gasteiger partial charge in [0, 0.05) is 12.3 Å². The van der Waals surface area contributed by atoms with E-state index in [-0.39, 0.29) is 19.6 Å². The topological polar surface area (TPSA) is 99.1 Å². The number of aliphatic hydroxyl groups is 1. The third-order valence-corrected chi connectivity index (χ3v) is 6.72. The third-order valence-electron chi connectivity index (χ3n) is 6.72. The molecule has 1 aliphatic carbocycles. The zero-order valence-electron chi connectivity index (χ0n) is 20.8. The highest BCUT2D eigenvalue weighted by atomic mass is 16.5. The molecule has 0 spiro atoms. The lowest BCUT2D eigenvalue weighted by Gasteiger charge is -2.43. The molecule has 7 nitrogen and oxygen atoms in total. The Morgan fingerprint density at radius 2 is 1.35 bits per heavy atom. The van der Waals surface area contributed by atoms with Gasteiger partial charge in [0.15, 0.2) is 5.78 Å². The van der Waals surface area contributed by atoms with Gasteiger partial charge in [-0.05, 0) is 35.7 Å². The lowest BCUT2D eigenvalue weighted by Crippen LogP contribution is -2.55. The highest BCUT2D eigenvalue weighted by Gasteiger charge is 2.57. The predicted molar refractivity (Wildman–Crippen MR) is 135 cm³/mol. The molecule has 0 amide bonds. The fourth-order valence-electron chi connectivity index (χ4n) is 4.88. The molecule has 0 radical (unpaired) electrons. The molecule has 3 aromatic rings. The number of hydrogen-bond acceptors (Lipinski definition) is 7. The van der Waals surface area contributed by atoms with E-state index in [1.165, 1.54) is 14.0 Å². The van der Waals surface area contributed by atoms with Crippen molar-refractivity contribution in [1.82, 2.24) is 0 Å². The Bertz CT molecular complexity index is 1220. The maximum Gasteiger partial charge on any atom is 0.317 e. The maximum absolute atomic E-state index is 13.5. The lowest BCUT2D eigenvalue weighted by atomic mass is 9.61. The van der Waals surface area contributed by atoms with Crippen LogP contribution in [-0.2, 0) is 37.1 Å². The Labute approximate surface area is 216 Å². The highest BCUT2D eigenvalue weighted by molar-refractivity contribution is 6.02. The molecule has 37 heavy (non-hydrogen) atoms. The molecule has 1 aliphatic rings. The number of hydrogen-bond donors (Lipinski definition) is 1. The van der Waals surface area contributed by atoms with E-state index in [0.717, 1.165) is 11.1 Å². The van der Waals surface area contributed by atoms with Crippen LogP contribution in [0.5, 0.6) is 5.75 Å². The quantitative estimate of drug-likeness (QED) is 0.364. The molecule has 0 aliphatic heterocycles. The van der Waals surface area contributed by atoms with Crippen LogP contribution in [0.15, 0.2) is 84.9 Å². The normalized spacial score (nSPS) is 23.2. The van der Waals surface area contributed by atoms with Crippen molar-refractivity contribution >= 4 is 17.7 Å². The van der Waals surface area contributed by atoms with Crippen molar-refractivity contribution < 1.29 is 33.7 Å². The average Bonchev–Trinajstić information content (AvgIpc) is 2.90. The van der Waals surface area contributed by atoms with E-state index >= 15 is 0 Å². The minimum absolute atomic E-state index is 0.00134. The molecule has 4 rings (SSSR count). The first kappa shape index (κ1) is 26.1. The molecule has 0 saturated heterocycles. The summed E-state index contributed by atoms with van der Waals surface area (Å²) >= 11 is 0. The van der Waals surface area contributed by atoms with Crippen molar-refractivity contribution in [3.05, 3.63) is 102 Å². The molecule has 7 heteroatoms. The van der Waals surface area contributed by atoms with Crippen LogP contribution in [0.2, 0.25) is 0 Å². The summed E-state index contributed by atoms with van der Waals surface area (Å²) in [5.74, 6) is -4.81. The van der Waals surface area contributed by atoms with Crippen molar-refractivity contribution in [2.45, 2.75) is 38.1 Å². The van der Waals surface area contributed by atoms with Crippen molar-refractivity contribution in [1.29, 1.82) is 0 Å². The Hall–Kier alpha value is -3.97. The van der Waals surface area contributed by atoms with Gasteiger partial charge in [0.25, 0.3) is 0 Å². The van der Waals surface area contributed by atoms with E-state index in [9.17, 15) is 19.5 Å². The average molecular weight is 503 g/mol. The van der Waals surface area contributed by atoms with Gasteiger partial charge in [-0.1, -0.05) is 72.8 Å². The van der Waals surface area contributed by atoms with Gasteiger partial charge in [0.2, 0.25) is 0 Å². The van der Waals surface area contributed by atoms with Crippen LogP contribution in [0, 0.1) is 11.8 Å². The van der Waals surface area contributed by atoms with Crippen LogP contribution < -0.4 is 4.74 Å². The predicted octanol–water partition coefficient (Wildman–Crippen LogP) is 4.22. The number of Topliss-reactive ketones (excluding diaryl/α,β-unsaturated/α-hetero) is 1. The minimum atomic E-state index is -1.73. The zero-order valence-corrected chi connectivity index (χ0v) is 20.8. The molecule has 3 aromatic carbocycles. The molecule has 1 fully saturated rings. The van der Waals surface area contributed by atoms with E-state index in [2.05, 4.69) is 0 Å². The molecular weight excluding hydrogens is 472 g/mol. The first-order chi connectivity index (χ1) is 17.8. The first-order valence-electron chi connectivity index (χ1n) is 12.1. The van der Waals surface area contributed by atoms with E-state index in [0.29, 0.717) is 11.3 Å². The van der Waals surface area contributed by atoms with Crippen LogP contribution in [-0.4, -0.2) is 35.5 Å². The van der Waals surface area contributed by atoms with Gasteiger partial charge in [0.05, 0.1) is 18.6 Å². The van der Waals surface area contributed by atoms with E-state index < -0.39 is 41.1 Å². The Kier molecular flexibility index (Phi) is 8.04. The molecule has 0 unspecified atom stereocenters. The van der Waals surface area contributed by atoms with Crippen molar-refractivity contribution in [2.75, 3.05) is 7.11 Å². The zero-order chi connectivity index (χ0) is 26.4. The number of benzene rings is 3. The van der Waals surface area contributed by atoms with Gasteiger partial charge in [-0.25, -0.2) is 0 Å². The molecule has 0 aromatic heterocycles. The van der Waals surface area contributed by atoms with E-state index in [4.69, 9.17) is 14.2 Å². The molecular formula is C30H30O7. The summed E-state index contributed by atoms with van der Waals surface area (Å²) in [5.41, 5.74) is 0.344. The monoisotopic (exact) mass is 502 g/mol. The summed E-state index contributed by atoms with van der Waals surface area (Å²) in [6.07, 6.45) is -0.379. The van der Waals surface area contributed by atoms with Crippen molar-refractivity contribution in [3.63, 3.8) is 0 Å². The fraction of sp³-hybridized carbons (Fsp3) is 0.300. The van der Waals surface area contributed by atoms with Gasteiger partial charge in [-0.3, -0.25) is 14.4 Å². The van der Waals surface area contributed by atoms with E-state index in [1.54, 1.807) is 24.3 Å². The van der Waals surface area contributed by atoms with Crippen LogP contribution in [0.4, 0.5) is 0 Å². The first-order valence-corrected chi connectivity index (χ1v) is 12.1. The number of ether oxygens (including phenoxy) is 3. The molecule has 1 saturated carbocycles. The maximum atomic E-state index is 13.5. The summed E-state index contributed by atoms with van der Waals surface area (Å²) in [6, 6.07) is 25.0. The summed E-state index contributed by atoms with van der Waals surface area (Å²) in [7, 11) is 1.53. The van der Waals surface area contributed by atoms with E-state index in [1.807, 2.05) is 60.7 Å². The fourth-order valence-corrected chi connectivity index (χ4v) is 4.88. The summed E-state index contributed by atoms with van der Waals surface area (Å²) in [4.78, 5) is 40.1. The largest absolute Gasteiger partial charge is 0.497 e. The Morgan fingerprint density at radius 3 is 1.86 bits per heavy atom. The number of rotatable bonds is 8. The second kappa shape index (κ2) is 11.4. The van der Waals surface area contributed by atoms with Gasteiger partial charge < -0.3 is 19.3 Å². The summed E-state index contributed by atoms with van der Waals surface area (Å²) < 4.78 is 16.4. The molecule has 4 atom stereocenters. The molecule has 0 bridgehead atoms. The van der Waals surface area contributed by atoms with Crippen LogP contribution in [0.3, 0.4) is 0 Å². The molecule has 192 valence electrons. The number of esters is 2. The summed E-state index contributed by atoms with van der Waals surface area (Å²) in [6.45, 7) is 1.42. The SMILES string of the molecule is COc1ccc([C@@H]2[C@H](C(=O)OCc3ccccc3)C(=O)C[C@@](C)(O)[C@H]2C(=O)OCc2ccccc2)cc1. The minimum Gasteiger partial charge on any atom is -0.497 e. The number of ketones is 1. The number of carbonyl (C=O) groups excluding carboxylic acids is 3. The standard InChI is InChI=1S/C30H30O7/c1-30(34)17-24(31)26(28(32)36-18-20-9-5-3-6-10-20)25(22-13-15-23(35-2)16-14-22)27(30)29(33)37-19-21-11-7-4-8-12-21/h3-16,25-27,34H,17-19H2,1-2H3/t25-,26-,27-,30-/m1/s1. The highest BCUT2D eigenvalue weighted by Crippen LogP contribution is 2.47. The van der Waals surface area contributed by atoms with Crippen LogP contribution >= 0.6 is 0 Å². The van der Waals surface area contributed by atoms with Gasteiger partial charge in [-0.2, -0.15) is 0 Å². The number of carbonyl (C=O) groups is 3. The smallest absolute Gasteiger partial charge is 0.317 e. The van der Waals surface area contributed by atoms with Crippen LogP contribution in [0.25, 0.3) is 0 Å². The summed E-state index contributed by atoms with van der Waals surface area (Å²) in [5, 5.41) is 11.3. The van der Waals surface area contributed by atoms with Gasteiger partial charge >= 0.3 is 11.9 Å². The molecule has 1 N–H and O–H groups in total. The Balaban J connectivity index is 1.67.